The highest BCUT2D eigenvalue weighted by atomic mass is 16.6. The van der Waals surface area contributed by atoms with Crippen LogP contribution in [-0.2, 0) is 36.7 Å². The fourth-order valence-corrected chi connectivity index (χ4v) is 3.25. The third-order valence-electron chi connectivity index (χ3n) is 4.70. The Hall–Kier alpha value is -3.15. The van der Waals surface area contributed by atoms with Crippen molar-refractivity contribution >= 4 is 17.8 Å². The van der Waals surface area contributed by atoms with E-state index in [-0.39, 0.29) is 19.6 Å². The standard InChI is InChI=1S/C24H29NO5/c1-4-29-22(27)24(25-18(3)26,23(28)30-5-2)16-15-19-11-13-21(14-12-19)17-20-9-7-6-8-10-20/h6-14H,4-5,15-17H2,1-3H3,(H,25,26). The molecule has 2 aromatic carbocycles. The molecule has 0 saturated carbocycles. The van der Waals surface area contributed by atoms with Crippen LogP contribution in [0.2, 0.25) is 0 Å². The minimum absolute atomic E-state index is 0.0439. The van der Waals surface area contributed by atoms with E-state index in [1.54, 1.807) is 13.8 Å². The van der Waals surface area contributed by atoms with Crippen LogP contribution in [0.25, 0.3) is 0 Å². The third-order valence-corrected chi connectivity index (χ3v) is 4.70. The lowest BCUT2D eigenvalue weighted by atomic mass is 9.90. The van der Waals surface area contributed by atoms with Crippen molar-refractivity contribution in [1.82, 2.24) is 5.32 Å². The molecule has 2 rings (SSSR count). The van der Waals surface area contributed by atoms with E-state index in [0.29, 0.717) is 6.42 Å². The zero-order valence-corrected chi connectivity index (χ0v) is 17.8. The Morgan fingerprint density at radius 1 is 0.800 bits per heavy atom. The molecule has 2 aromatic rings. The van der Waals surface area contributed by atoms with Crippen LogP contribution >= 0.6 is 0 Å². The largest absolute Gasteiger partial charge is 0.464 e. The van der Waals surface area contributed by atoms with Crippen LogP contribution in [0.15, 0.2) is 54.6 Å². The SMILES string of the molecule is CCOC(=O)C(CCc1ccc(Cc2ccccc2)cc1)(NC(C)=O)C(=O)OCC. The number of ether oxygens (including phenoxy) is 2. The van der Waals surface area contributed by atoms with Gasteiger partial charge in [0.05, 0.1) is 13.2 Å². The van der Waals surface area contributed by atoms with Gasteiger partial charge in [0.1, 0.15) is 0 Å². The molecule has 0 fully saturated rings. The first-order valence-corrected chi connectivity index (χ1v) is 10.2. The van der Waals surface area contributed by atoms with Gasteiger partial charge in [0.15, 0.2) is 0 Å². The highest BCUT2D eigenvalue weighted by molar-refractivity contribution is 6.07. The fourth-order valence-electron chi connectivity index (χ4n) is 3.25. The van der Waals surface area contributed by atoms with Crippen molar-refractivity contribution in [2.45, 2.75) is 45.6 Å². The zero-order chi connectivity index (χ0) is 22.0. The van der Waals surface area contributed by atoms with E-state index in [9.17, 15) is 14.4 Å². The van der Waals surface area contributed by atoms with Gasteiger partial charge in [-0.05, 0) is 49.8 Å². The summed E-state index contributed by atoms with van der Waals surface area (Å²) in [7, 11) is 0. The first kappa shape index (κ1) is 23.1. The van der Waals surface area contributed by atoms with Gasteiger partial charge in [-0.1, -0.05) is 54.6 Å². The number of amides is 1. The molecule has 0 aromatic heterocycles. The number of esters is 2. The molecular formula is C24H29NO5. The number of carbonyl (C=O) groups is 3. The maximum absolute atomic E-state index is 12.7. The predicted molar refractivity (Wildman–Crippen MR) is 114 cm³/mol. The number of aryl methyl sites for hydroxylation is 1. The number of nitrogens with one attached hydrogen (secondary N) is 1. The van der Waals surface area contributed by atoms with E-state index in [4.69, 9.17) is 9.47 Å². The van der Waals surface area contributed by atoms with Gasteiger partial charge < -0.3 is 14.8 Å². The molecule has 1 amide bonds. The Morgan fingerprint density at radius 3 is 1.80 bits per heavy atom. The summed E-state index contributed by atoms with van der Waals surface area (Å²) in [6.07, 6.45) is 1.26. The number of benzene rings is 2. The van der Waals surface area contributed by atoms with E-state index < -0.39 is 23.4 Å². The summed E-state index contributed by atoms with van der Waals surface area (Å²) in [4.78, 5) is 37.1. The molecule has 0 aliphatic heterocycles. The smallest absolute Gasteiger partial charge is 0.343 e. The van der Waals surface area contributed by atoms with Gasteiger partial charge >= 0.3 is 11.9 Å². The average molecular weight is 411 g/mol. The topological polar surface area (TPSA) is 81.7 Å². The fraction of sp³-hybridized carbons (Fsp3) is 0.375. The monoisotopic (exact) mass is 411 g/mol. The van der Waals surface area contributed by atoms with Gasteiger partial charge in [0, 0.05) is 6.92 Å². The van der Waals surface area contributed by atoms with Crippen LogP contribution in [0.5, 0.6) is 0 Å². The Balaban J connectivity index is 2.17. The molecule has 0 aliphatic rings. The molecule has 0 atom stereocenters. The van der Waals surface area contributed by atoms with Crippen molar-refractivity contribution < 1.29 is 23.9 Å². The molecule has 0 radical (unpaired) electrons. The zero-order valence-electron chi connectivity index (χ0n) is 17.8. The highest BCUT2D eigenvalue weighted by Crippen LogP contribution is 2.21. The summed E-state index contributed by atoms with van der Waals surface area (Å²) in [6, 6.07) is 18.1. The molecule has 30 heavy (non-hydrogen) atoms. The molecule has 6 heteroatoms. The average Bonchev–Trinajstić information content (AvgIpc) is 2.73. The van der Waals surface area contributed by atoms with Gasteiger partial charge in [-0.15, -0.1) is 0 Å². The molecular weight excluding hydrogens is 382 g/mol. The van der Waals surface area contributed by atoms with Crippen molar-refractivity contribution in [2.75, 3.05) is 13.2 Å². The third kappa shape index (κ3) is 6.17. The van der Waals surface area contributed by atoms with Gasteiger partial charge in [0.25, 0.3) is 0 Å². The number of hydrogen-bond acceptors (Lipinski definition) is 5. The minimum atomic E-state index is -1.86. The van der Waals surface area contributed by atoms with Gasteiger partial charge in [-0.25, -0.2) is 9.59 Å². The minimum Gasteiger partial charge on any atom is -0.464 e. The van der Waals surface area contributed by atoms with E-state index in [2.05, 4.69) is 17.4 Å². The van der Waals surface area contributed by atoms with Crippen molar-refractivity contribution in [3.8, 4) is 0 Å². The van der Waals surface area contributed by atoms with Crippen LogP contribution in [0, 0.1) is 0 Å². The van der Waals surface area contributed by atoms with Crippen LogP contribution in [0.3, 0.4) is 0 Å². The summed E-state index contributed by atoms with van der Waals surface area (Å²) < 4.78 is 10.2. The van der Waals surface area contributed by atoms with Gasteiger partial charge in [-0.2, -0.15) is 0 Å². The molecule has 6 nitrogen and oxygen atoms in total. The number of rotatable bonds is 10. The van der Waals surface area contributed by atoms with Crippen molar-refractivity contribution in [3.05, 3.63) is 71.3 Å². The summed E-state index contributed by atoms with van der Waals surface area (Å²) in [5, 5.41) is 2.49. The van der Waals surface area contributed by atoms with E-state index >= 15 is 0 Å². The van der Waals surface area contributed by atoms with Gasteiger partial charge in [-0.3, -0.25) is 4.79 Å². The summed E-state index contributed by atoms with van der Waals surface area (Å²) in [6.45, 7) is 4.73. The summed E-state index contributed by atoms with van der Waals surface area (Å²) >= 11 is 0. The number of hydrogen-bond donors (Lipinski definition) is 1. The summed E-state index contributed by atoms with van der Waals surface area (Å²) in [5.41, 5.74) is 1.46. The van der Waals surface area contributed by atoms with E-state index in [0.717, 1.165) is 17.5 Å². The van der Waals surface area contributed by atoms with Crippen LogP contribution in [0.1, 0.15) is 43.9 Å². The Morgan fingerprint density at radius 2 is 1.30 bits per heavy atom. The van der Waals surface area contributed by atoms with Crippen molar-refractivity contribution in [2.24, 2.45) is 0 Å². The first-order valence-electron chi connectivity index (χ1n) is 10.2. The van der Waals surface area contributed by atoms with Gasteiger partial charge in [0.2, 0.25) is 11.4 Å². The number of carbonyl (C=O) groups excluding carboxylic acids is 3. The molecule has 0 unspecified atom stereocenters. The molecule has 0 bridgehead atoms. The Bertz CT molecular complexity index is 828. The lowest BCUT2D eigenvalue weighted by molar-refractivity contribution is -0.168. The first-order chi connectivity index (χ1) is 14.4. The lowest BCUT2D eigenvalue weighted by Gasteiger charge is -2.29. The van der Waals surface area contributed by atoms with Crippen LogP contribution in [0.4, 0.5) is 0 Å². The maximum Gasteiger partial charge on any atom is 0.343 e. The van der Waals surface area contributed by atoms with Crippen molar-refractivity contribution in [3.63, 3.8) is 0 Å². The molecule has 160 valence electrons. The Labute approximate surface area is 177 Å². The van der Waals surface area contributed by atoms with E-state index in [1.165, 1.54) is 12.5 Å². The second kappa shape index (κ2) is 11.1. The molecule has 0 heterocycles. The van der Waals surface area contributed by atoms with Crippen molar-refractivity contribution in [1.29, 1.82) is 0 Å². The maximum atomic E-state index is 12.7. The highest BCUT2D eigenvalue weighted by Gasteiger charge is 2.49. The molecule has 0 spiro atoms. The van der Waals surface area contributed by atoms with E-state index in [1.807, 2.05) is 42.5 Å². The lowest BCUT2D eigenvalue weighted by Crippen LogP contribution is -2.61. The summed E-state index contributed by atoms with van der Waals surface area (Å²) in [5.74, 6) is -2.12. The second-order valence-corrected chi connectivity index (χ2v) is 7.01. The Kier molecular flexibility index (Phi) is 8.59. The molecule has 1 N–H and O–H groups in total. The van der Waals surface area contributed by atoms with Crippen LogP contribution < -0.4 is 5.32 Å². The van der Waals surface area contributed by atoms with Crippen LogP contribution in [-0.4, -0.2) is 36.6 Å². The normalized spacial score (nSPS) is 10.9. The quantitative estimate of drug-likeness (QED) is 0.480. The predicted octanol–water partition coefficient (Wildman–Crippen LogP) is 3.21. The second-order valence-electron chi connectivity index (χ2n) is 7.01. The molecule has 0 saturated heterocycles. The molecule has 0 aliphatic carbocycles.